The van der Waals surface area contributed by atoms with E-state index in [1.165, 1.54) is 25.7 Å². The Morgan fingerprint density at radius 3 is 1.40 bits per heavy atom. The lowest BCUT2D eigenvalue weighted by Gasteiger charge is -2.35. The first-order chi connectivity index (χ1) is 6.59. The van der Waals surface area contributed by atoms with Gasteiger partial charge in [-0.1, -0.05) is 48.0 Å². The van der Waals surface area contributed by atoms with Crippen molar-refractivity contribution in [3.8, 4) is 0 Å². The molecule has 2 N–H and O–H groups in total. The molecule has 2 heteroatoms. The molecule has 0 bridgehead atoms. The van der Waals surface area contributed by atoms with Crippen molar-refractivity contribution < 1.29 is 0 Å². The van der Waals surface area contributed by atoms with Crippen LogP contribution < -0.4 is 10.6 Å². The van der Waals surface area contributed by atoms with Gasteiger partial charge in [0.1, 0.15) is 0 Å². The van der Waals surface area contributed by atoms with Crippen molar-refractivity contribution in [1.29, 1.82) is 0 Å². The summed E-state index contributed by atoms with van der Waals surface area (Å²) < 4.78 is 0. The summed E-state index contributed by atoms with van der Waals surface area (Å²) in [6, 6.07) is 2.58. The van der Waals surface area contributed by atoms with Gasteiger partial charge in [-0.3, -0.25) is 0 Å². The van der Waals surface area contributed by atoms with Crippen LogP contribution in [-0.2, 0) is 0 Å². The fourth-order valence-electron chi connectivity index (χ4n) is 2.39. The van der Waals surface area contributed by atoms with Crippen molar-refractivity contribution in [3.63, 3.8) is 0 Å². The number of hydrogen-bond acceptors (Lipinski definition) is 2. The Bertz CT molecular complexity index is 137. The Kier molecular flexibility index (Phi) is 7.20. The second-order valence-electron chi connectivity index (χ2n) is 5.14. The fourth-order valence-corrected chi connectivity index (χ4v) is 2.39. The van der Waals surface area contributed by atoms with E-state index in [-0.39, 0.29) is 7.43 Å². The highest BCUT2D eigenvalue weighted by atomic mass is 15.0. The number of hydrogen-bond donors (Lipinski definition) is 2. The molecule has 2 nitrogen and oxygen atoms in total. The van der Waals surface area contributed by atoms with E-state index in [0.29, 0.717) is 24.2 Å². The highest BCUT2D eigenvalue weighted by Gasteiger charge is 2.25. The molecule has 0 heterocycles. The molecule has 1 rings (SSSR count). The summed E-state index contributed by atoms with van der Waals surface area (Å²) in [6.45, 7) is 8.95. The highest BCUT2D eigenvalue weighted by molar-refractivity contribution is 4.87. The predicted octanol–water partition coefficient (Wildman–Crippen LogP) is 2.93. The van der Waals surface area contributed by atoms with Gasteiger partial charge in [0.25, 0.3) is 0 Å². The van der Waals surface area contributed by atoms with Gasteiger partial charge in [-0.15, -0.1) is 0 Å². The van der Waals surface area contributed by atoms with E-state index in [1.807, 2.05) is 0 Å². The topological polar surface area (TPSA) is 24.1 Å². The maximum atomic E-state index is 3.67. The summed E-state index contributed by atoms with van der Waals surface area (Å²) in [7, 11) is 0. The first-order valence-electron chi connectivity index (χ1n) is 6.11. The molecule has 0 amide bonds. The molecule has 1 saturated carbocycles. The summed E-state index contributed by atoms with van der Waals surface area (Å²) >= 11 is 0. The van der Waals surface area contributed by atoms with Gasteiger partial charge >= 0.3 is 0 Å². The van der Waals surface area contributed by atoms with E-state index < -0.39 is 0 Å². The van der Waals surface area contributed by atoms with E-state index in [1.54, 1.807) is 0 Å². The van der Waals surface area contributed by atoms with Crippen molar-refractivity contribution in [2.75, 3.05) is 0 Å². The second-order valence-corrected chi connectivity index (χ2v) is 5.14. The van der Waals surface area contributed by atoms with Gasteiger partial charge in [-0.25, -0.2) is 0 Å². The summed E-state index contributed by atoms with van der Waals surface area (Å²) in [5, 5.41) is 7.35. The van der Waals surface area contributed by atoms with Gasteiger partial charge in [0.15, 0.2) is 0 Å². The van der Waals surface area contributed by atoms with Crippen molar-refractivity contribution in [1.82, 2.24) is 10.6 Å². The third kappa shape index (κ3) is 5.53. The molecule has 0 aliphatic heterocycles. The van der Waals surface area contributed by atoms with Gasteiger partial charge in [0, 0.05) is 24.2 Å². The third-order valence-electron chi connectivity index (χ3n) is 2.86. The van der Waals surface area contributed by atoms with E-state index in [4.69, 9.17) is 0 Å². The molecule has 0 aromatic carbocycles. The third-order valence-corrected chi connectivity index (χ3v) is 2.86. The van der Waals surface area contributed by atoms with Crippen LogP contribution in [0.5, 0.6) is 0 Å². The van der Waals surface area contributed by atoms with Gasteiger partial charge < -0.3 is 10.6 Å². The van der Waals surface area contributed by atoms with Crippen LogP contribution in [0.2, 0.25) is 0 Å². The summed E-state index contributed by atoms with van der Waals surface area (Å²) in [4.78, 5) is 0. The summed E-state index contributed by atoms with van der Waals surface area (Å²) in [5.74, 6) is 0. The minimum atomic E-state index is 0. The molecule has 1 aliphatic rings. The Balaban J connectivity index is 0.00000196. The van der Waals surface area contributed by atoms with Crippen molar-refractivity contribution in [3.05, 3.63) is 0 Å². The van der Waals surface area contributed by atoms with Crippen LogP contribution in [-0.4, -0.2) is 24.2 Å². The van der Waals surface area contributed by atoms with Gasteiger partial charge in [-0.05, 0) is 12.8 Å². The smallest absolute Gasteiger partial charge is 0.0223 e. The SMILES string of the molecule is C.CC(C)NC1CCCCC1NC(C)C. The molecule has 0 spiro atoms. The zero-order valence-electron chi connectivity index (χ0n) is 10.1. The quantitative estimate of drug-likeness (QED) is 0.752. The standard InChI is InChI=1S/C12H26N2.CH4/c1-9(2)13-11-7-5-6-8-12(11)14-10(3)4;/h9-14H,5-8H2,1-4H3;1H4. The van der Waals surface area contributed by atoms with Crippen molar-refractivity contribution in [2.24, 2.45) is 0 Å². The van der Waals surface area contributed by atoms with E-state index in [0.717, 1.165) is 0 Å². The predicted molar refractivity (Wildman–Crippen MR) is 69.3 cm³/mol. The van der Waals surface area contributed by atoms with Crippen LogP contribution in [0, 0.1) is 0 Å². The molecule has 2 unspecified atom stereocenters. The molecule has 0 aromatic heterocycles. The molecule has 15 heavy (non-hydrogen) atoms. The molecule has 0 radical (unpaired) electrons. The van der Waals surface area contributed by atoms with Crippen molar-refractivity contribution >= 4 is 0 Å². The zero-order valence-corrected chi connectivity index (χ0v) is 10.1. The maximum Gasteiger partial charge on any atom is 0.0223 e. The van der Waals surface area contributed by atoms with Crippen LogP contribution in [0.3, 0.4) is 0 Å². The van der Waals surface area contributed by atoms with Crippen LogP contribution in [0.15, 0.2) is 0 Å². The van der Waals surface area contributed by atoms with Gasteiger partial charge in [0.2, 0.25) is 0 Å². The Morgan fingerprint density at radius 1 is 0.800 bits per heavy atom. The van der Waals surface area contributed by atoms with Crippen molar-refractivity contribution in [2.45, 2.75) is 85.0 Å². The lowest BCUT2D eigenvalue weighted by atomic mass is 9.89. The van der Waals surface area contributed by atoms with Crippen LogP contribution in [0.4, 0.5) is 0 Å². The van der Waals surface area contributed by atoms with E-state index >= 15 is 0 Å². The Morgan fingerprint density at radius 2 is 1.13 bits per heavy atom. The molecule has 0 saturated heterocycles. The summed E-state index contributed by atoms with van der Waals surface area (Å²) in [6.07, 6.45) is 5.45. The van der Waals surface area contributed by atoms with Gasteiger partial charge in [-0.2, -0.15) is 0 Å². The lowest BCUT2D eigenvalue weighted by Crippen LogP contribution is -2.53. The minimum Gasteiger partial charge on any atom is -0.310 e. The van der Waals surface area contributed by atoms with Gasteiger partial charge in [0.05, 0.1) is 0 Å². The van der Waals surface area contributed by atoms with Crippen LogP contribution in [0.1, 0.15) is 60.8 Å². The monoisotopic (exact) mass is 214 g/mol. The molecule has 2 atom stereocenters. The van der Waals surface area contributed by atoms with E-state index in [9.17, 15) is 0 Å². The average molecular weight is 214 g/mol. The van der Waals surface area contributed by atoms with Crippen LogP contribution in [0.25, 0.3) is 0 Å². The summed E-state index contributed by atoms with van der Waals surface area (Å²) in [5.41, 5.74) is 0. The van der Waals surface area contributed by atoms with Crippen LogP contribution >= 0.6 is 0 Å². The molecule has 1 aliphatic carbocycles. The highest BCUT2D eigenvalue weighted by Crippen LogP contribution is 2.19. The normalized spacial score (nSPS) is 26.8. The number of nitrogens with one attached hydrogen (secondary N) is 2. The number of rotatable bonds is 4. The molecule has 92 valence electrons. The zero-order chi connectivity index (χ0) is 10.6. The fraction of sp³-hybridized carbons (Fsp3) is 1.00. The molecular weight excluding hydrogens is 184 g/mol. The minimum absolute atomic E-state index is 0. The lowest BCUT2D eigenvalue weighted by molar-refractivity contribution is 0.259. The Hall–Kier alpha value is -0.0800. The largest absolute Gasteiger partial charge is 0.310 e. The maximum absolute atomic E-state index is 3.67. The molecular formula is C13H30N2. The first-order valence-corrected chi connectivity index (χ1v) is 6.11. The average Bonchev–Trinajstić information content (AvgIpc) is 2.06. The molecule has 1 fully saturated rings. The van der Waals surface area contributed by atoms with E-state index in [2.05, 4.69) is 38.3 Å². The first kappa shape index (κ1) is 14.9. The molecule has 0 aromatic rings. The second kappa shape index (κ2) is 7.24. The Labute approximate surface area is 96.2 Å².